The summed E-state index contributed by atoms with van der Waals surface area (Å²) in [6, 6.07) is 15.1. The molecule has 0 radical (unpaired) electrons. The number of benzene rings is 2. The van der Waals surface area contributed by atoms with Crippen LogP contribution in [0.1, 0.15) is 23.6 Å². The summed E-state index contributed by atoms with van der Waals surface area (Å²) in [5, 5.41) is 11.5. The first-order valence-corrected chi connectivity index (χ1v) is 7.50. The third-order valence-corrected chi connectivity index (χ3v) is 3.67. The molecule has 0 unspecified atom stereocenters. The van der Waals surface area contributed by atoms with E-state index in [-0.39, 0.29) is 5.91 Å². The number of hydrogen-bond donors (Lipinski definition) is 1. The molecule has 0 heterocycles. The molecule has 0 aliphatic carbocycles. The van der Waals surface area contributed by atoms with Gasteiger partial charge in [-0.3, -0.25) is 4.79 Å². The summed E-state index contributed by atoms with van der Waals surface area (Å²) in [6.45, 7) is 5.76. The van der Waals surface area contributed by atoms with Crippen molar-refractivity contribution < 1.29 is 9.53 Å². The van der Waals surface area contributed by atoms with Crippen molar-refractivity contribution in [3.8, 4) is 11.8 Å². The third kappa shape index (κ3) is 4.58. The molecule has 0 saturated heterocycles. The second-order valence-electron chi connectivity index (χ2n) is 5.53. The first-order chi connectivity index (χ1) is 11.0. The Kier molecular flexibility index (Phi) is 5.37. The lowest BCUT2D eigenvalue weighted by atomic mass is 10.1. The largest absolute Gasteiger partial charge is 0.481 e. The Balaban J connectivity index is 1.96. The van der Waals surface area contributed by atoms with Crippen molar-refractivity contribution in [3.63, 3.8) is 0 Å². The monoisotopic (exact) mass is 308 g/mol. The molecule has 0 bridgehead atoms. The second-order valence-corrected chi connectivity index (χ2v) is 5.53. The van der Waals surface area contributed by atoms with Crippen LogP contribution < -0.4 is 10.1 Å². The summed E-state index contributed by atoms with van der Waals surface area (Å²) in [5.74, 6) is 0.469. The lowest BCUT2D eigenvalue weighted by Crippen LogP contribution is -2.30. The van der Waals surface area contributed by atoms with Crippen LogP contribution >= 0.6 is 0 Å². The number of ether oxygens (including phenoxy) is 1. The first kappa shape index (κ1) is 16.6. The number of aryl methyl sites for hydroxylation is 2. The van der Waals surface area contributed by atoms with E-state index in [2.05, 4.69) is 11.4 Å². The predicted molar refractivity (Wildman–Crippen MR) is 90.4 cm³/mol. The van der Waals surface area contributed by atoms with E-state index in [4.69, 9.17) is 10.00 Å². The van der Waals surface area contributed by atoms with Crippen molar-refractivity contribution in [3.05, 3.63) is 59.2 Å². The van der Waals surface area contributed by atoms with Gasteiger partial charge in [0.1, 0.15) is 5.75 Å². The number of amides is 1. The molecular weight excluding hydrogens is 288 g/mol. The number of rotatable bonds is 5. The normalized spacial score (nSPS) is 11.4. The third-order valence-electron chi connectivity index (χ3n) is 3.67. The van der Waals surface area contributed by atoms with Crippen molar-refractivity contribution in [2.45, 2.75) is 33.3 Å². The number of nitriles is 1. The molecule has 2 rings (SSSR count). The quantitative estimate of drug-likeness (QED) is 0.914. The van der Waals surface area contributed by atoms with Crippen molar-refractivity contribution in [1.29, 1.82) is 5.26 Å². The summed E-state index contributed by atoms with van der Waals surface area (Å²) >= 11 is 0. The van der Waals surface area contributed by atoms with Crippen LogP contribution in [0.4, 0.5) is 5.69 Å². The van der Waals surface area contributed by atoms with Gasteiger partial charge in [0.15, 0.2) is 6.10 Å². The fourth-order valence-electron chi connectivity index (χ4n) is 2.09. The molecule has 4 nitrogen and oxygen atoms in total. The Bertz CT molecular complexity index is 730. The SMILES string of the molecule is Cc1ccc(O[C@H](C)C(=O)Nc2ccc(CC#N)cc2)cc1C. The maximum atomic E-state index is 12.2. The zero-order chi connectivity index (χ0) is 16.8. The molecule has 2 aromatic rings. The average molecular weight is 308 g/mol. The standard InChI is InChI=1S/C19H20N2O2/c1-13-4-9-18(12-14(13)2)23-15(3)19(22)21-17-7-5-16(6-8-17)10-11-20/h4-9,12,15H,10H2,1-3H3,(H,21,22)/t15-/m1/s1. The molecule has 0 aliphatic heterocycles. The van der Waals surface area contributed by atoms with E-state index in [0.29, 0.717) is 17.9 Å². The van der Waals surface area contributed by atoms with Gasteiger partial charge in [0, 0.05) is 5.69 Å². The van der Waals surface area contributed by atoms with Gasteiger partial charge in [-0.25, -0.2) is 0 Å². The van der Waals surface area contributed by atoms with Gasteiger partial charge in [0.25, 0.3) is 5.91 Å². The van der Waals surface area contributed by atoms with Crippen molar-refractivity contribution in [2.24, 2.45) is 0 Å². The highest BCUT2D eigenvalue weighted by molar-refractivity contribution is 5.94. The van der Waals surface area contributed by atoms with E-state index in [9.17, 15) is 4.79 Å². The van der Waals surface area contributed by atoms with Gasteiger partial charge < -0.3 is 10.1 Å². The Morgan fingerprint density at radius 1 is 1.17 bits per heavy atom. The molecular formula is C19H20N2O2. The van der Waals surface area contributed by atoms with Gasteiger partial charge >= 0.3 is 0 Å². The zero-order valence-corrected chi connectivity index (χ0v) is 13.6. The highest BCUT2D eigenvalue weighted by atomic mass is 16.5. The topological polar surface area (TPSA) is 62.1 Å². The number of nitrogens with one attached hydrogen (secondary N) is 1. The summed E-state index contributed by atoms with van der Waals surface area (Å²) in [7, 11) is 0. The van der Waals surface area contributed by atoms with E-state index in [1.807, 2.05) is 44.2 Å². The van der Waals surface area contributed by atoms with Crippen LogP contribution in [0, 0.1) is 25.2 Å². The molecule has 1 N–H and O–H groups in total. The van der Waals surface area contributed by atoms with E-state index < -0.39 is 6.10 Å². The van der Waals surface area contributed by atoms with Gasteiger partial charge in [0.05, 0.1) is 12.5 Å². The molecule has 23 heavy (non-hydrogen) atoms. The molecule has 1 atom stereocenters. The van der Waals surface area contributed by atoms with Crippen molar-refractivity contribution in [1.82, 2.24) is 0 Å². The van der Waals surface area contributed by atoms with Crippen LogP contribution in [0.5, 0.6) is 5.75 Å². The van der Waals surface area contributed by atoms with Gasteiger partial charge in [-0.2, -0.15) is 5.26 Å². The van der Waals surface area contributed by atoms with Crippen molar-refractivity contribution in [2.75, 3.05) is 5.32 Å². The lowest BCUT2D eigenvalue weighted by Gasteiger charge is -2.15. The maximum absolute atomic E-state index is 12.2. The minimum Gasteiger partial charge on any atom is -0.481 e. The number of nitrogens with zero attached hydrogens (tertiary/aromatic N) is 1. The molecule has 0 spiro atoms. The van der Waals surface area contributed by atoms with E-state index in [1.54, 1.807) is 19.1 Å². The van der Waals surface area contributed by atoms with Crippen molar-refractivity contribution >= 4 is 11.6 Å². The maximum Gasteiger partial charge on any atom is 0.265 e. The lowest BCUT2D eigenvalue weighted by molar-refractivity contribution is -0.122. The first-order valence-electron chi connectivity index (χ1n) is 7.50. The van der Waals surface area contributed by atoms with Crippen LogP contribution in [0.3, 0.4) is 0 Å². The summed E-state index contributed by atoms with van der Waals surface area (Å²) in [4.78, 5) is 12.2. The fourth-order valence-corrected chi connectivity index (χ4v) is 2.09. The van der Waals surface area contributed by atoms with E-state index in [0.717, 1.165) is 11.1 Å². The number of hydrogen-bond acceptors (Lipinski definition) is 3. The molecule has 4 heteroatoms. The smallest absolute Gasteiger partial charge is 0.265 e. The molecule has 2 aromatic carbocycles. The summed E-state index contributed by atoms with van der Waals surface area (Å²) in [6.07, 6.45) is -0.239. The van der Waals surface area contributed by atoms with Gasteiger partial charge in [-0.05, 0) is 61.7 Å². The Hall–Kier alpha value is -2.80. The second kappa shape index (κ2) is 7.46. The Labute approximate surface area is 136 Å². The van der Waals surface area contributed by atoms with Crippen LogP contribution in [0.15, 0.2) is 42.5 Å². The highest BCUT2D eigenvalue weighted by Crippen LogP contribution is 2.18. The molecule has 0 aromatic heterocycles. The fraction of sp³-hybridized carbons (Fsp3) is 0.263. The molecule has 0 aliphatic rings. The zero-order valence-electron chi connectivity index (χ0n) is 13.6. The van der Waals surface area contributed by atoms with E-state index in [1.165, 1.54) is 5.56 Å². The number of carbonyl (C=O) groups excluding carboxylic acids is 1. The minimum absolute atomic E-state index is 0.212. The van der Waals surface area contributed by atoms with E-state index >= 15 is 0 Å². The van der Waals surface area contributed by atoms with Gasteiger partial charge in [0.2, 0.25) is 0 Å². The molecule has 1 amide bonds. The average Bonchev–Trinajstić information content (AvgIpc) is 2.53. The minimum atomic E-state index is -0.601. The highest BCUT2D eigenvalue weighted by Gasteiger charge is 2.15. The molecule has 118 valence electrons. The van der Waals surface area contributed by atoms with Crippen LogP contribution in [-0.4, -0.2) is 12.0 Å². The summed E-state index contributed by atoms with van der Waals surface area (Å²) < 4.78 is 5.69. The predicted octanol–water partition coefficient (Wildman–Crippen LogP) is 3.78. The summed E-state index contributed by atoms with van der Waals surface area (Å²) in [5.41, 5.74) is 3.92. The van der Waals surface area contributed by atoms with Crippen LogP contribution in [-0.2, 0) is 11.2 Å². The van der Waals surface area contributed by atoms with Gasteiger partial charge in [-0.15, -0.1) is 0 Å². The van der Waals surface area contributed by atoms with Crippen LogP contribution in [0.2, 0.25) is 0 Å². The number of carbonyl (C=O) groups is 1. The molecule has 0 saturated carbocycles. The number of anilines is 1. The Morgan fingerprint density at radius 3 is 2.48 bits per heavy atom. The molecule has 0 fully saturated rings. The van der Waals surface area contributed by atoms with Gasteiger partial charge in [-0.1, -0.05) is 18.2 Å². The van der Waals surface area contributed by atoms with Crippen LogP contribution in [0.25, 0.3) is 0 Å². The Morgan fingerprint density at radius 2 is 1.87 bits per heavy atom.